The van der Waals surface area contributed by atoms with Gasteiger partial charge >= 0.3 is 6.18 Å². The van der Waals surface area contributed by atoms with E-state index < -0.39 is 77.9 Å². The number of amides is 5. The van der Waals surface area contributed by atoms with Gasteiger partial charge in [0.05, 0.1) is 6.04 Å². The lowest BCUT2D eigenvalue weighted by Gasteiger charge is -2.30. The Bertz CT molecular complexity index is 1070. The molecule has 3 rings (SSSR count). The summed E-state index contributed by atoms with van der Waals surface area (Å²) in [6, 6.07) is -4.44. The van der Waals surface area contributed by atoms with Gasteiger partial charge in [0.25, 0.3) is 5.91 Å². The van der Waals surface area contributed by atoms with Gasteiger partial charge in [-0.25, -0.2) is 0 Å². The van der Waals surface area contributed by atoms with E-state index in [0.717, 1.165) is 12.8 Å². The summed E-state index contributed by atoms with van der Waals surface area (Å²) >= 11 is 0. The Morgan fingerprint density at radius 3 is 2.05 bits per heavy atom. The molecule has 5 amide bonds. The number of hydrogen-bond acceptors (Lipinski definition) is 6. The van der Waals surface area contributed by atoms with E-state index in [1.165, 1.54) is 0 Å². The second-order valence-electron chi connectivity index (χ2n) is 13.0. The zero-order valence-corrected chi connectivity index (χ0v) is 25.0. The number of piperidine rings is 1. The fraction of sp³-hybridized carbons (Fsp3) is 0.793. The summed E-state index contributed by atoms with van der Waals surface area (Å²) in [5.41, 5.74) is -0.843. The van der Waals surface area contributed by atoms with Crippen molar-refractivity contribution in [1.82, 2.24) is 26.6 Å². The highest BCUT2D eigenvalue weighted by molar-refractivity contribution is 6.38. The molecule has 2 aliphatic carbocycles. The number of carbonyl (C=O) groups is 6. The smallest absolute Gasteiger partial charge is 0.356 e. The van der Waals surface area contributed by atoms with Gasteiger partial charge in [-0.15, -0.1) is 0 Å². The first kappa shape index (κ1) is 34.3. The molecule has 0 aromatic rings. The van der Waals surface area contributed by atoms with E-state index in [1.54, 1.807) is 20.8 Å². The zero-order valence-electron chi connectivity index (χ0n) is 25.0. The van der Waals surface area contributed by atoms with Crippen LogP contribution in [0.2, 0.25) is 0 Å². The lowest BCUT2D eigenvalue weighted by Crippen LogP contribution is -2.59. The molecule has 0 spiro atoms. The third-order valence-electron chi connectivity index (χ3n) is 8.16. The number of carbonyl (C=O) groups excluding carboxylic acids is 6. The second-order valence-corrected chi connectivity index (χ2v) is 13.0. The van der Waals surface area contributed by atoms with Crippen molar-refractivity contribution in [3.8, 4) is 0 Å². The van der Waals surface area contributed by atoms with E-state index in [-0.39, 0.29) is 24.3 Å². The van der Waals surface area contributed by atoms with Crippen LogP contribution in [0.1, 0.15) is 91.4 Å². The fourth-order valence-corrected chi connectivity index (χ4v) is 5.38. The van der Waals surface area contributed by atoms with Crippen molar-refractivity contribution in [3.63, 3.8) is 0 Å². The molecule has 3 aliphatic rings. The Labute approximate surface area is 249 Å². The van der Waals surface area contributed by atoms with Gasteiger partial charge in [0, 0.05) is 30.3 Å². The van der Waals surface area contributed by atoms with Gasteiger partial charge in [-0.3, -0.25) is 28.8 Å². The molecule has 1 aliphatic heterocycles. The van der Waals surface area contributed by atoms with Gasteiger partial charge in [-0.05, 0) is 57.3 Å². The summed E-state index contributed by atoms with van der Waals surface area (Å²) in [4.78, 5) is 77.8. The molecule has 0 radical (unpaired) electrons. The van der Waals surface area contributed by atoms with Gasteiger partial charge in [0.2, 0.25) is 29.4 Å². The third kappa shape index (κ3) is 10.8. The minimum Gasteiger partial charge on any atom is -0.356 e. The highest BCUT2D eigenvalue weighted by Crippen LogP contribution is 2.29. The van der Waals surface area contributed by atoms with Crippen LogP contribution in [0, 0.1) is 17.3 Å². The Morgan fingerprint density at radius 2 is 1.49 bits per heavy atom. The van der Waals surface area contributed by atoms with Crippen molar-refractivity contribution in [2.45, 2.75) is 122 Å². The summed E-state index contributed by atoms with van der Waals surface area (Å²) in [5, 5.41) is 12.7. The van der Waals surface area contributed by atoms with Crippen LogP contribution >= 0.6 is 0 Å². The Morgan fingerprint density at radius 1 is 0.860 bits per heavy atom. The maximum Gasteiger partial charge on any atom is 0.389 e. The molecule has 14 heteroatoms. The first-order valence-electron chi connectivity index (χ1n) is 15.2. The van der Waals surface area contributed by atoms with Crippen molar-refractivity contribution >= 4 is 35.3 Å². The number of alkyl halides is 3. The fourth-order valence-electron chi connectivity index (χ4n) is 5.38. The number of ketones is 1. The standard InChI is InChI=1S/C29H44F3N5O6/c1-28(2,3)27(43)37-21(16-7-4-5-8-16)25(41)35-19(12-13-29(30,31)32)24(40)36-20(15-17-9-6-14-33-23(17)39)22(38)26(42)34-18-10-11-18/h16-21H,4-15H2,1-3H3,(H,33,39)(H,34,42)(H,35,41)(H,36,40)(H,37,43)/t17-,19-,20-,21+/m0/s1. The molecule has 242 valence electrons. The van der Waals surface area contributed by atoms with Crippen molar-refractivity contribution < 1.29 is 41.9 Å². The van der Waals surface area contributed by atoms with Crippen LogP contribution in [0.3, 0.4) is 0 Å². The second kappa shape index (κ2) is 14.5. The Kier molecular flexibility index (Phi) is 11.6. The molecule has 2 saturated carbocycles. The number of nitrogens with one attached hydrogen (secondary N) is 5. The first-order valence-corrected chi connectivity index (χ1v) is 15.2. The molecule has 11 nitrogen and oxygen atoms in total. The minimum absolute atomic E-state index is 0.166. The molecule has 1 heterocycles. The summed E-state index contributed by atoms with van der Waals surface area (Å²) in [6.45, 7) is 5.43. The summed E-state index contributed by atoms with van der Waals surface area (Å²) < 4.78 is 39.7. The quantitative estimate of drug-likeness (QED) is 0.199. The maximum atomic E-state index is 13.5. The van der Waals surface area contributed by atoms with Crippen LogP contribution in [-0.2, 0) is 28.8 Å². The average molecular weight is 616 g/mol. The normalized spacial score (nSPS) is 21.6. The average Bonchev–Trinajstić information content (AvgIpc) is 3.56. The van der Waals surface area contributed by atoms with Crippen LogP contribution < -0.4 is 26.6 Å². The van der Waals surface area contributed by atoms with Gasteiger partial charge < -0.3 is 26.6 Å². The van der Waals surface area contributed by atoms with Crippen molar-refractivity contribution in [3.05, 3.63) is 0 Å². The molecular weight excluding hydrogens is 571 g/mol. The first-order chi connectivity index (χ1) is 20.0. The summed E-state index contributed by atoms with van der Waals surface area (Å²) in [7, 11) is 0. The summed E-state index contributed by atoms with van der Waals surface area (Å²) in [6.07, 6.45) is -1.80. The van der Waals surface area contributed by atoms with Crippen LogP contribution in [0.15, 0.2) is 0 Å². The van der Waals surface area contributed by atoms with Crippen LogP contribution in [0.5, 0.6) is 0 Å². The van der Waals surface area contributed by atoms with Gasteiger partial charge in [-0.1, -0.05) is 33.6 Å². The molecular formula is C29H44F3N5O6. The summed E-state index contributed by atoms with van der Waals surface area (Å²) in [5.74, 6) is -5.58. The zero-order chi connectivity index (χ0) is 31.9. The van der Waals surface area contributed by atoms with E-state index in [0.29, 0.717) is 45.1 Å². The van der Waals surface area contributed by atoms with Crippen molar-refractivity contribution in [2.75, 3.05) is 6.54 Å². The van der Waals surface area contributed by atoms with Gasteiger partial charge in [-0.2, -0.15) is 13.2 Å². The highest BCUT2D eigenvalue weighted by atomic mass is 19.4. The monoisotopic (exact) mass is 615 g/mol. The van der Waals surface area contributed by atoms with E-state index in [4.69, 9.17) is 0 Å². The topological polar surface area (TPSA) is 163 Å². The van der Waals surface area contributed by atoms with E-state index in [2.05, 4.69) is 26.6 Å². The molecule has 0 unspecified atom stereocenters. The lowest BCUT2D eigenvalue weighted by atomic mass is 9.89. The molecule has 4 atom stereocenters. The maximum absolute atomic E-state index is 13.5. The molecule has 0 aromatic carbocycles. The molecule has 43 heavy (non-hydrogen) atoms. The number of Topliss-reactive ketones (excluding diaryl/α,β-unsaturated/α-hetero) is 1. The lowest BCUT2D eigenvalue weighted by molar-refractivity contribution is -0.144. The number of hydrogen-bond donors (Lipinski definition) is 5. The predicted molar refractivity (Wildman–Crippen MR) is 149 cm³/mol. The van der Waals surface area contributed by atoms with Crippen LogP contribution in [-0.4, -0.2) is 72.2 Å². The minimum atomic E-state index is -4.64. The molecule has 0 aromatic heterocycles. The molecule has 5 N–H and O–H groups in total. The Hall–Kier alpha value is -3.19. The molecule has 3 fully saturated rings. The highest BCUT2D eigenvalue weighted by Gasteiger charge is 2.40. The van der Waals surface area contributed by atoms with Gasteiger partial charge in [0.1, 0.15) is 12.1 Å². The largest absolute Gasteiger partial charge is 0.389 e. The van der Waals surface area contributed by atoms with Crippen molar-refractivity contribution in [1.29, 1.82) is 0 Å². The molecule has 0 bridgehead atoms. The SMILES string of the molecule is CC(C)(C)C(=O)N[C@@H](C(=O)N[C@@H](CCC(F)(F)F)C(=O)N[C@@H](C[C@@H]1CCCNC1=O)C(=O)C(=O)NC1CC1)C1CCCC1. The van der Waals surface area contributed by atoms with Crippen molar-refractivity contribution in [2.24, 2.45) is 17.3 Å². The van der Waals surface area contributed by atoms with E-state index >= 15 is 0 Å². The number of rotatable bonds is 13. The predicted octanol–water partition coefficient (Wildman–Crippen LogP) is 1.78. The van der Waals surface area contributed by atoms with Gasteiger partial charge in [0.15, 0.2) is 0 Å². The van der Waals surface area contributed by atoms with Crippen LogP contribution in [0.25, 0.3) is 0 Å². The molecule has 1 saturated heterocycles. The van der Waals surface area contributed by atoms with E-state index in [9.17, 15) is 41.9 Å². The number of halogens is 3. The van der Waals surface area contributed by atoms with E-state index in [1.807, 2.05) is 0 Å². The Balaban J connectivity index is 1.81. The van der Waals surface area contributed by atoms with Crippen LogP contribution in [0.4, 0.5) is 13.2 Å². The third-order valence-corrected chi connectivity index (χ3v) is 8.16.